The molecule has 1 fully saturated rings. The molecule has 7 nitrogen and oxygen atoms in total. The van der Waals surface area contributed by atoms with E-state index in [1.54, 1.807) is 0 Å². The second kappa shape index (κ2) is 5.95. The van der Waals surface area contributed by atoms with Gasteiger partial charge in [0, 0.05) is 18.4 Å². The molecule has 0 unspecified atom stereocenters. The first-order chi connectivity index (χ1) is 8.43. The highest BCUT2D eigenvalue weighted by molar-refractivity contribution is 6.14. The van der Waals surface area contributed by atoms with E-state index in [1.807, 2.05) is 0 Å². The lowest BCUT2D eigenvalue weighted by Gasteiger charge is -2.13. The highest BCUT2D eigenvalue weighted by Gasteiger charge is 2.34. The predicted octanol–water partition coefficient (Wildman–Crippen LogP) is -0.0357. The van der Waals surface area contributed by atoms with Crippen molar-refractivity contribution >= 4 is 23.8 Å². The Kier molecular flexibility index (Phi) is 4.59. The van der Waals surface area contributed by atoms with Crippen molar-refractivity contribution in [1.29, 1.82) is 0 Å². The van der Waals surface area contributed by atoms with Gasteiger partial charge in [-0.3, -0.25) is 9.59 Å². The summed E-state index contributed by atoms with van der Waals surface area (Å²) >= 11 is 0. The van der Waals surface area contributed by atoms with Gasteiger partial charge in [0.25, 0.3) is 0 Å². The molecule has 0 radical (unpaired) electrons. The number of likely N-dealkylation sites (tertiary alicyclic amines) is 1. The zero-order valence-electron chi connectivity index (χ0n) is 10.0. The summed E-state index contributed by atoms with van der Waals surface area (Å²) < 4.78 is 4.73. The van der Waals surface area contributed by atoms with Crippen LogP contribution in [-0.2, 0) is 19.1 Å². The van der Waals surface area contributed by atoms with Crippen molar-refractivity contribution in [3.05, 3.63) is 12.2 Å². The zero-order chi connectivity index (χ0) is 13.7. The first kappa shape index (κ1) is 13.9. The maximum absolute atomic E-state index is 11.5. The first-order valence-corrected chi connectivity index (χ1v) is 5.39. The zero-order valence-corrected chi connectivity index (χ0v) is 10.0. The third-order valence-corrected chi connectivity index (χ3v) is 2.21. The van der Waals surface area contributed by atoms with Gasteiger partial charge in [-0.15, -0.1) is 0 Å². The molecule has 1 saturated heterocycles. The molecule has 0 spiro atoms. The van der Waals surface area contributed by atoms with Gasteiger partial charge in [-0.1, -0.05) is 6.58 Å². The number of urea groups is 1. The Labute approximate surface area is 104 Å². The van der Waals surface area contributed by atoms with E-state index in [0.717, 1.165) is 0 Å². The maximum atomic E-state index is 11.5. The number of rotatable bonds is 4. The second-order valence-electron chi connectivity index (χ2n) is 3.77. The summed E-state index contributed by atoms with van der Waals surface area (Å²) in [5.41, 5.74) is 0.256. The molecule has 0 aromatic rings. The summed E-state index contributed by atoms with van der Waals surface area (Å²) in [5.74, 6) is -1.59. The Morgan fingerprint density at radius 1 is 1.33 bits per heavy atom. The molecule has 0 bridgehead atoms. The minimum atomic E-state index is -0.783. The molecular weight excluding hydrogens is 240 g/mol. The third kappa shape index (κ3) is 3.41. The van der Waals surface area contributed by atoms with Gasteiger partial charge in [0.2, 0.25) is 11.8 Å². The van der Waals surface area contributed by atoms with Crippen molar-refractivity contribution < 1.29 is 23.9 Å². The molecule has 0 atom stereocenters. The molecule has 1 N–H and O–H groups in total. The molecular formula is C11H14N2O5. The van der Waals surface area contributed by atoms with E-state index in [1.165, 1.54) is 6.92 Å². The fraction of sp³-hybridized carbons (Fsp3) is 0.455. The molecule has 1 aliphatic rings. The topological polar surface area (TPSA) is 92.8 Å². The molecule has 98 valence electrons. The Bertz CT molecular complexity index is 400. The maximum Gasteiger partial charge on any atom is 0.333 e. The number of carbonyl (C=O) groups excluding carboxylic acids is 4. The Hall–Kier alpha value is -2.18. The average Bonchev–Trinajstić information content (AvgIpc) is 2.63. The lowest BCUT2D eigenvalue weighted by molar-refractivity contribution is -0.139. The minimum absolute atomic E-state index is 0.0227. The van der Waals surface area contributed by atoms with Crippen molar-refractivity contribution in [1.82, 2.24) is 10.2 Å². The van der Waals surface area contributed by atoms with Crippen molar-refractivity contribution in [2.75, 3.05) is 13.2 Å². The molecule has 0 aliphatic carbocycles. The molecule has 1 heterocycles. The van der Waals surface area contributed by atoms with Gasteiger partial charge in [-0.25, -0.2) is 14.5 Å². The summed E-state index contributed by atoms with van der Waals surface area (Å²) in [5, 5.41) is 2.32. The summed E-state index contributed by atoms with van der Waals surface area (Å²) in [6, 6.07) is -0.783. The summed E-state index contributed by atoms with van der Waals surface area (Å²) in [6.07, 6.45) is 0.105. The molecule has 7 heteroatoms. The van der Waals surface area contributed by atoms with E-state index in [0.29, 0.717) is 4.90 Å². The van der Waals surface area contributed by atoms with E-state index in [9.17, 15) is 19.2 Å². The number of ether oxygens (including phenoxy) is 1. The van der Waals surface area contributed by atoms with Crippen LogP contribution in [0.1, 0.15) is 19.8 Å². The van der Waals surface area contributed by atoms with Crippen LogP contribution >= 0.6 is 0 Å². The number of carbonyl (C=O) groups is 4. The molecule has 0 saturated carbocycles. The quantitative estimate of drug-likeness (QED) is 0.329. The monoisotopic (exact) mass is 254 g/mol. The summed E-state index contributed by atoms with van der Waals surface area (Å²) in [6.45, 7) is 4.87. The van der Waals surface area contributed by atoms with Crippen LogP contribution in [0.3, 0.4) is 0 Å². The van der Waals surface area contributed by atoms with Crippen LogP contribution in [0.15, 0.2) is 12.2 Å². The lowest BCUT2D eigenvalue weighted by Crippen LogP contribution is -2.44. The number of esters is 1. The largest absolute Gasteiger partial charge is 0.460 e. The second-order valence-corrected chi connectivity index (χ2v) is 3.77. The lowest BCUT2D eigenvalue weighted by atomic mass is 10.4. The van der Waals surface area contributed by atoms with Crippen molar-refractivity contribution in [2.45, 2.75) is 19.8 Å². The predicted molar refractivity (Wildman–Crippen MR) is 60.3 cm³/mol. The van der Waals surface area contributed by atoms with Crippen LogP contribution in [0.5, 0.6) is 0 Å². The SMILES string of the molecule is C=C(C)C(=O)OCCNC(=O)N1C(=O)CCC1=O. The molecule has 0 aromatic carbocycles. The van der Waals surface area contributed by atoms with Gasteiger partial charge in [-0.2, -0.15) is 0 Å². The van der Waals surface area contributed by atoms with Gasteiger partial charge >= 0.3 is 12.0 Å². The van der Waals surface area contributed by atoms with E-state index in [2.05, 4.69) is 11.9 Å². The van der Waals surface area contributed by atoms with Crippen molar-refractivity contribution in [3.8, 4) is 0 Å². The van der Waals surface area contributed by atoms with Gasteiger partial charge in [-0.05, 0) is 6.92 Å². The first-order valence-electron chi connectivity index (χ1n) is 5.39. The molecule has 0 aromatic heterocycles. The average molecular weight is 254 g/mol. The highest BCUT2D eigenvalue weighted by atomic mass is 16.5. The fourth-order valence-corrected chi connectivity index (χ4v) is 1.31. The number of imide groups is 3. The Balaban J connectivity index is 2.30. The molecule has 1 aliphatic heterocycles. The third-order valence-electron chi connectivity index (χ3n) is 2.21. The van der Waals surface area contributed by atoms with Crippen LogP contribution in [0.2, 0.25) is 0 Å². The van der Waals surface area contributed by atoms with Gasteiger partial charge in [0.15, 0.2) is 0 Å². The fourth-order valence-electron chi connectivity index (χ4n) is 1.31. The Morgan fingerprint density at radius 2 is 1.89 bits per heavy atom. The van der Waals surface area contributed by atoms with E-state index >= 15 is 0 Å². The van der Waals surface area contributed by atoms with Crippen LogP contribution < -0.4 is 5.32 Å². The minimum Gasteiger partial charge on any atom is -0.460 e. The van der Waals surface area contributed by atoms with E-state index < -0.39 is 23.8 Å². The van der Waals surface area contributed by atoms with E-state index in [-0.39, 0.29) is 31.6 Å². The summed E-state index contributed by atoms with van der Waals surface area (Å²) in [4.78, 5) is 45.4. The normalized spacial score (nSPS) is 14.6. The highest BCUT2D eigenvalue weighted by Crippen LogP contribution is 2.11. The van der Waals surface area contributed by atoms with Crippen LogP contribution in [0, 0.1) is 0 Å². The smallest absolute Gasteiger partial charge is 0.333 e. The van der Waals surface area contributed by atoms with Crippen molar-refractivity contribution in [3.63, 3.8) is 0 Å². The number of nitrogens with one attached hydrogen (secondary N) is 1. The van der Waals surface area contributed by atoms with Crippen molar-refractivity contribution in [2.24, 2.45) is 0 Å². The van der Waals surface area contributed by atoms with Gasteiger partial charge < -0.3 is 10.1 Å². The molecule has 4 amide bonds. The number of nitrogens with zero attached hydrogens (tertiary/aromatic N) is 1. The number of amides is 4. The molecule has 1 rings (SSSR count). The summed E-state index contributed by atoms with van der Waals surface area (Å²) in [7, 11) is 0. The van der Waals surface area contributed by atoms with Crippen LogP contribution in [-0.4, -0.2) is 41.9 Å². The Morgan fingerprint density at radius 3 is 2.39 bits per heavy atom. The number of hydrogen-bond acceptors (Lipinski definition) is 5. The number of hydrogen-bond donors (Lipinski definition) is 1. The van der Waals surface area contributed by atoms with Crippen LogP contribution in [0.4, 0.5) is 4.79 Å². The standard InChI is InChI=1S/C11H14N2O5/c1-7(2)10(16)18-6-5-12-11(17)13-8(14)3-4-9(13)15/h1,3-6H2,2H3,(H,12,17). The van der Waals surface area contributed by atoms with Gasteiger partial charge in [0.1, 0.15) is 6.61 Å². The van der Waals surface area contributed by atoms with E-state index in [4.69, 9.17) is 4.74 Å². The van der Waals surface area contributed by atoms with Crippen LogP contribution in [0.25, 0.3) is 0 Å². The van der Waals surface area contributed by atoms with Gasteiger partial charge in [0.05, 0.1) is 6.54 Å². The molecule has 18 heavy (non-hydrogen) atoms.